The molecule has 1 aliphatic heterocycles. The maximum absolute atomic E-state index is 13.5. The number of rotatable bonds is 5. The molecule has 1 saturated heterocycles. The van der Waals surface area contributed by atoms with E-state index in [1.54, 1.807) is 6.07 Å². The lowest BCUT2D eigenvalue weighted by atomic mass is 10.0. The minimum absolute atomic E-state index is 0.0950. The van der Waals surface area contributed by atoms with Crippen molar-refractivity contribution >= 4 is 10.0 Å². The van der Waals surface area contributed by atoms with Gasteiger partial charge in [0, 0.05) is 19.6 Å². The Balaban J connectivity index is 2.35. The number of nitrogens with one attached hydrogen (secondary N) is 1. The van der Waals surface area contributed by atoms with Gasteiger partial charge in [0.1, 0.15) is 5.82 Å². The van der Waals surface area contributed by atoms with Crippen LogP contribution in [0.2, 0.25) is 0 Å². The van der Waals surface area contributed by atoms with Crippen LogP contribution in [-0.2, 0) is 16.6 Å². The van der Waals surface area contributed by atoms with Gasteiger partial charge in [0.2, 0.25) is 10.0 Å². The molecule has 0 saturated carbocycles. The van der Waals surface area contributed by atoms with E-state index in [1.807, 2.05) is 13.8 Å². The molecule has 1 aromatic carbocycles. The fourth-order valence-corrected chi connectivity index (χ4v) is 4.51. The molecule has 0 amide bonds. The highest BCUT2D eigenvalue weighted by Crippen LogP contribution is 2.26. The van der Waals surface area contributed by atoms with E-state index in [4.69, 9.17) is 0 Å². The molecule has 1 atom stereocenters. The highest BCUT2D eigenvalue weighted by Gasteiger charge is 2.30. The Morgan fingerprint density at radius 1 is 1.43 bits per heavy atom. The predicted octanol–water partition coefficient (Wildman–Crippen LogP) is 2.36. The number of nitrogens with zero attached hydrogens (tertiary/aromatic N) is 1. The predicted molar refractivity (Wildman–Crippen MR) is 80.9 cm³/mol. The molecule has 0 bridgehead atoms. The van der Waals surface area contributed by atoms with Gasteiger partial charge >= 0.3 is 0 Å². The Kier molecular flexibility index (Phi) is 5.35. The van der Waals surface area contributed by atoms with Crippen molar-refractivity contribution in [2.45, 2.75) is 38.1 Å². The molecule has 118 valence electrons. The van der Waals surface area contributed by atoms with Crippen LogP contribution in [-0.4, -0.2) is 32.4 Å². The molecule has 0 aliphatic carbocycles. The minimum Gasteiger partial charge on any atom is -0.313 e. The normalized spacial score (nSPS) is 20.6. The van der Waals surface area contributed by atoms with Crippen molar-refractivity contribution < 1.29 is 12.8 Å². The van der Waals surface area contributed by atoms with E-state index in [-0.39, 0.29) is 4.90 Å². The van der Waals surface area contributed by atoms with Crippen LogP contribution in [0.3, 0.4) is 0 Å². The summed E-state index contributed by atoms with van der Waals surface area (Å²) in [7, 11) is -3.63. The molecule has 0 spiro atoms. The highest BCUT2D eigenvalue weighted by molar-refractivity contribution is 7.89. The third-order valence-electron chi connectivity index (χ3n) is 3.83. The number of piperidine rings is 1. The quantitative estimate of drug-likeness (QED) is 0.907. The van der Waals surface area contributed by atoms with Crippen LogP contribution < -0.4 is 5.32 Å². The summed E-state index contributed by atoms with van der Waals surface area (Å²) in [6.45, 7) is 6.19. The van der Waals surface area contributed by atoms with Gasteiger partial charge in [0.05, 0.1) is 4.90 Å². The molecule has 2 rings (SSSR count). The molecule has 0 aromatic heterocycles. The first kappa shape index (κ1) is 16.4. The van der Waals surface area contributed by atoms with E-state index in [0.717, 1.165) is 25.5 Å². The summed E-state index contributed by atoms with van der Waals surface area (Å²) in [5.74, 6) is -0.168. The second-order valence-electron chi connectivity index (χ2n) is 5.64. The van der Waals surface area contributed by atoms with Crippen LogP contribution in [0.5, 0.6) is 0 Å². The van der Waals surface area contributed by atoms with Gasteiger partial charge in [0.25, 0.3) is 0 Å². The molecule has 1 aromatic rings. The zero-order valence-electron chi connectivity index (χ0n) is 12.6. The van der Waals surface area contributed by atoms with E-state index < -0.39 is 15.8 Å². The monoisotopic (exact) mass is 314 g/mol. The lowest BCUT2D eigenvalue weighted by molar-refractivity contribution is 0.281. The van der Waals surface area contributed by atoms with Crippen molar-refractivity contribution in [3.8, 4) is 0 Å². The second kappa shape index (κ2) is 6.85. The summed E-state index contributed by atoms with van der Waals surface area (Å²) in [6, 6.07) is 4.00. The Labute approximate surface area is 126 Å². The van der Waals surface area contributed by atoms with Crippen LogP contribution in [0.1, 0.15) is 32.3 Å². The van der Waals surface area contributed by atoms with Crippen molar-refractivity contribution in [2.24, 2.45) is 5.92 Å². The maximum atomic E-state index is 13.5. The van der Waals surface area contributed by atoms with Gasteiger partial charge in [-0.15, -0.1) is 0 Å². The van der Waals surface area contributed by atoms with E-state index in [2.05, 4.69) is 5.32 Å². The van der Waals surface area contributed by atoms with Crippen LogP contribution in [0, 0.1) is 11.7 Å². The van der Waals surface area contributed by atoms with E-state index in [1.165, 1.54) is 10.4 Å². The Hall–Kier alpha value is -0.980. The summed E-state index contributed by atoms with van der Waals surface area (Å²) in [5, 5.41) is 3.10. The van der Waals surface area contributed by atoms with Crippen LogP contribution in [0.15, 0.2) is 23.1 Å². The Morgan fingerprint density at radius 3 is 2.86 bits per heavy atom. The fourth-order valence-electron chi connectivity index (χ4n) is 2.68. The summed E-state index contributed by atoms with van der Waals surface area (Å²) >= 11 is 0. The Bertz CT molecular complexity index is 589. The van der Waals surface area contributed by atoms with Gasteiger partial charge in [-0.05, 0) is 43.0 Å². The van der Waals surface area contributed by atoms with Crippen molar-refractivity contribution in [2.75, 3.05) is 19.6 Å². The molecule has 1 fully saturated rings. The third kappa shape index (κ3) is 3.81. The van der Waals surface area contributed by atoms with E-state index in [0.29, 0.717) is 31.1 Å². The van der Waals surface area contributed by atoms with Gasteiger partial charge in [-0.2, -0.15) is 4.31 Å². The smallest absolute Gasteiger partial charge is 0.243 e. The lowest BCUT2D eigenvalue weighted by Gasteiger charge is -2.30. The van der Waals surface area contributed by atoms with Gasteiger partial charge in [-0.25, -0.2) is 12.8 Å². The molecule has 1 aliphatic rings. The van der Waals surface area contributed by atoms with Gasteiger partial charge in [-0.1, -0.05) is 19.9 Å². The number of hydrogen-bond donors (Lipinski definition) is 1. The van der Waals surface area contributed by atoms with Gasteiger partial charge in [0.15, 0.2) is 0 Å². The molecule has 6 heteroatoms. The summed E-state index contributed by atoms with van der Waals surface area (Å²) in [5.41, 5.74) is 0.622. The van der Waals surface area contributed by atoms with Crippen LogP contribution in [0.4, 0.5) is 4.39 Å². The number of halogens is 1. The number of benzene rings is 1. The fraction of sp³-hybridized carbons (Fsp3) is 0.600. The largest absolute Gasteiger partial charge is 0.313 e. The minimum atomic E-state index is -3.63. The zero-order valence-corrected chi connectivity index (χ0v) is 13.4. The van der Waals surface area contributed by atoms with E-state index >= 15 is 0 Å². The first-order valence-corrected chi connectivity index (χ1v) is 8.88. The first-order chi connectivity index (χ1) is 9.95. The lowest BCUT2D eigenvalue weighted by Crippen LogP contribution is -2.39. The van der Waals surface area contributed by atoms with E-state index in [9.17, 15) is 12.8 Å². The number of hydrogen-bond acceptors (Lipinski definition) is 3. The van der Waals surface area contributed by atoms with Gasteiger partial charge in [-0.3, -0.25) is 0 Å². The molecule has 4 nitrogen and oxygen atoms in total. The molecule has 1 unspecified atom stereocenters. The molecule has 21 heavy (non-hydrogen) atoms. The molecular weight excluding hydrogens is 291 g/mol. The van der Waals surface area contributed by atoms with Crippen molar-refractivity contribution in [1.29, 1.82) is 0 Å². The van der Waals surface area contributed by atoms with Crippen molar-refractivity contribution in [1.82, 2.24) is 9.62 Å². The summed E-state index contributed by atoms with van der Waals surface area (Å²) in [4.78, 5) is 0.0950. The van der Waals surface area contributed by atoms with Crippen molar-refractivity contribution in [3.63, 3.8) is 0 Å². The number of sulfonamides is 1. The molecule has 1 N–H and O–H groups in total. The zero-order chi connectivity index (χ0) is 15.5. The average molecular weight is 314 g/mol. The molecule has 1 heterocycles. The standard InChI is InChI=1S/C15H23FN2O2S/c1-3-17-10-13-6-7-14(16)9-15(13)21(19,20)18-8-4-5-12(2)11-18/h6-7,9,12,17H,3-5,8,10-11H2,1-2H3. The maximum Gasteiger partial charge on any atom is 0.243 e. The Morgan fingerprint density at radius 2 is 2.19 bits per heavy atom. The summed E-state index contributed by atoms with van der Waals surface area (Å²) in [6.07, 6.45) is 1.90. The topological polar surface area (TPSA) is 49.4 Å². The SMILES string of the molecule is CCNCc1ccc(F)cc1S(=O)(=O)N1CCCC(C)C1. The highest BCUT2D eigenvalue weighted by atomic mass is 32.2. The van der Waals surface area contributed by atoms with Crippen LogP contribution in [0.25, 0.3) is 0 Å². The van der Waals surface area contributed by atoms with Gasteiger partial charge < -0.3 is 5.32 Å². The average Bonchev–Trinajstić information content (AvgIpc) is 2.46. The van der Waals surface area contributed by atoms with Crippen molar-refractivity contribution in [3.05, 3.63) is 29.6 Å². The van der Waals surface area contributed by atoms with Crippen LogP contribution >= 0.6 is 0 Å². The summed E-state index contributed by atoms with van der Waals surface area (Å²) < 4.78 is 40.6. The first-order valence-electron chi connectivity index (χ1n) is 7.44. The molecular formula is C15H23FN2O2S. The second-order valence-corrected chi connectivity index (χ2v) is 7.55. The third-order valence-corrected chi connectivity index (χ3v) is 5.78. The molecule has 0 radical (unpaired) electrons.